The van der Waals surface area contributed by atoms with Crippen molar-refractivity contribution in [3.05, 3.63) is 70.8 Å². The molecule has 22 heavy (non-hydrogen) atoms. The van der Waals surface area contributed by atoms with Gasteiger partial charge in [0.15, 0.2) is 0 Å². The van der Waals surface area contributed by atoms with Crippen LogP contribution in [-0.2, 0) is 10.8 Å². The largest absolute Gasteiger partial charge is 0.0582 e. The highest BCUT2D eigenvalue weighted by Gasteiger charge is 2.16. The van der Waals surface area contributed by atoms with E-state index in [0.29, 0.717) is 5.92 Å². The third-order valence-electron chi connectivity index (χ3n) is 4.55. The van der Waals surface area contributed by atoms with Gasteiger partial charge in [-0.05, 0) is 33.1 Å². The molecule has 0 aliphatic carbocycles. The molecule has 2 aromatic carbocycles. The molecule has 0 N–H and O–H groups in total. The molecule has 0 fully saturated rings. The lowest BCUT2D eigenvalue weighted by Gasteiger charge is -2.22. The van der Waals surface area contributed by atoms with Gasteiger partial charge >= 0.3 is 0 Å². The summed E-state index contributed by atoms with van der Waals surface area (Å²) in [6.07, 6.45) is 0. The van der Waals surface area contributed by atoms with Gasteiger partial charge in [0.05, 0.1) is 0 Å². The van der Waals surface area contributed by atoms with E-state index in [1.165, 1.54) is 22.3 Å². The van der Waals surface area contributed by atoms with Gasteiger partial charge in [-0.15, -0.1) is 0 Å². The Hall–Kier alpha value is -1.56. The van der Waals surface area contributed by atoms with E-state index >= 15 is 0 Å². The van der Waals surface area contributed by atoms with Gasteiger partial charge in [0.2, 0.25) is 0 Å². The van der Waals surface area contributed by atoms with Crippen LogP contribution in [0.25, 0.3) is 0 Å². The molecule has 0 aliphatic heterocycles. The molecule has 2 rings (SSSR count). The Kier molecular flexibility index (Phi) is 4.52. The summed E-state index contributed by atoms with van der Waals surface area (Å²) in [5.41, 5.74) is 6.00. The van der Waals surface area contributed by atoms with E-state index in [1.807, 2.05) is 0 Å². The van der Waals surface area contributed by atoms with Crippen molar-refractivity contribution in [3.8, 4) is 0 Å². The maximum atomic E-state index is 2.29. The first kappa shape index (κ1) is 16.8. The van der Waals surface area contributed by atoms with Crippen LogP contribution < -0.4 is 0 Å². The molecule has 0 heterocycles. The molecule has 0 unspecified atom stereocenters. The monoisotopic (exact) mass is 294 g/mol. The fourth-order valence-electron chi connectivity index (χ4n) is 2.74. The van der Waals surface area contributed by atoms with E-state index in [2.05, 4.69) is 97.0 Å². The second-order valence-electron chi connectivity index (χ2n) is 8.47. The predicted octanol–water partition coefficient (Wildman–Crippen LogP) is 6.43. The van der Waals surface area contributed by atoms with Crippen LogP contribution in [0.15, 0.2) is 48.5 Å². The molecule has 0 bridgehead atoms. The Morgan fingerprint density at radius 2 is 0.818 bits per heavy atom. The second kappa shape index (κ2) is 5.91. The lowest BCUT2D eigenvalue weighted by atomic mass is 9.83. The number of hydrogen-bond acceptors (Lipinski definition) is 0. The zero-order valence-corrected chi connectivity index (χ0v) is 15.2. The number of benzene rings is 2. The highest BCUT2D eigenvalue weighted by Crippen LogP contribution is 2.29. The van der Waals surface area contributed by atoms with Gasteiger partial charge < -0.3 is 0 Å². The Morgan fingerprint density at radius 3 is 1.05 bits per heavy atom. The third-order valence-corrected chi connectivity index (χ3v) is 4.55. The normalized spacial score (nSPS) is 12.7. The summed E-state index contributed by atoms with van der Waals surface area (Å²) in [6, 6.07) is 18.2. The van der Waals surface area contributed by atoms with Crippen molar-refractivity contribution in [2.45, 2.75) is 65.2 Å². The Balaban J connectivity index is 2.23. The molecule has 118 valence electrons. The zero-order valence-electron chi connectivity index (χ0n) is 15.2. The Morgan fingerprint density at radius 1 is 0.545 bits per heavy atom. The molecule has 0 saturated carbocycles. The third kappa shape index (κ3) is 3.80. The van der Waals surface area contributed by atoms with Crippen molar-refractivity contribution in [1.82, 2.24) is 0 Å². The minimum absolute atomic E-state index is 0.218. The van der Waals surface area contributed by atoms with Crippen molar-refractivity contribution in [2.24, 2.45) is 0 Å². The van der Waals surface area contributed by atoms with Crippen LogP contribution in [0.1, 0.15) is 76.6 Å². The average Bonchev–Trinajstić information content (AvgIpc) is 2.45. The van der Waals surface area contributed by atoms with E-state index in [-0.39, 0.29) is 10.8 Å². The maximum Gasteiger partial charge on any atom is 0.00610 e. The Labute approximate surface area is 136 Å². The first-order chi connectivity index (χ1) is 10.1. The van der Waals surface area contributed by atoms with E-state index in [1.54, 1.807) is 0 Å². The standard InChI is InChI=1S/C22H30/c1-16(17-8-12-19(13-9-17)21(2,3)4)18-10-14-20(15-11-18)22(5,6)7/h8-16H,1-7H3. The molecule has 0 heteroatoms. The lowest BCUT2D eigenvalue weighted by molar-refractivity contribution is 0.589. The molecule has 0 nitrogen and oxygen atoms in total. The lowest BCUT2D eigenvalue weighted by Crippen LogP contribution is -2.11. The quantitative estimate of drug-likeness (QED) is 0.598. The maximum absolute atomic E-state index is 2.29. The van der Waals surface area contributed by atoms with E-state index in [9.17, 15) is 0 Å². The summed E-state index contributed by atoms with van der Waals surface area (Å²) >= 11 is 0. The SMILES string of the molecule is CC(c1ccc(C(C)(C)C)cc1)c1ccc(C(C)(C)C)cc1. The van der Waals surface area contributed by atoms with E-state index in [0.717, 1.165) is 0 Å². The summed E-state index contributed by atoms with van der Waals surface area (Å²) in [6.45, 7) is 15.9. The molecule has 0 amide bonds. The van der Waals surface area contributed by atoms with Gasteiger partial charge in [0.25, 0.3) is 0 Å². The van der Waals surface area contributed by atoms with E-state index in [4.69, 9.17) is 0 Å². The van der Waals surface area contributed by atoms with Crippen LogP contribution in [0, 0.1) is 0 Å². The summed E-state index contributed by atoms with van der Waals surface area (Å²) in [4.78, 5) is 0. The van der Waals surface area contributed by atoms with Gasteiger partial charge in [-0.25, -0.2) is 0 Å². The molecule has 2 aromatic rings. The highest BCUT2D eigenvalue weighted by molar-refractivity contribution is 5.37. The zero-order chi connectivity index (χ0) is 16.5. The van der Waals surface area contributed by atoms with Crippen molar-refractivity contribution in [3.63, 3.8) is 0 Å². The molecule has 0 saturated heterocycles. The fourth-order valence-corrected chi connectivity index (χ4v) is 2.74. The van der Waals surface area contributed by atoms with Crippen molar-refractivity contribution >= 4 is 0 Å². The van der Waals surface area contributed by atoms with Gasteiger partial charge in [-0.1, -0.05) is 97.0 Å². The molecular formula is C22H30. The van der Waals surface area contributed by atoms with E-state index < -0.39 is 0 Å². The van der Waals surface area contributed by atoms with Crippen molar-refractivity contribution in [1.29, 1.82) is 0 Å². The summed E-state index contributed by atoms with van der Waals surface area (Å²) in [7, 11) is 0. The van der Waals surface area contributed by atoms with Gasteiger partial charge in [-0.3, -0.25) is 0 Å². The highest BCUT2D eigenvalue weighted by atomic mass is 14.2. The van der Waals surface area contributed by atoms with Crippen LogP contribution >= 0.6 is 0 Å². The number of rotatable bonds is 2. The van der Waals surface area contributed by atoms with Crippen LogP contribution in [0.2, 0.25) is 0 Å². The molecule has 0 radical (unpaired) electrons. The fraction of sp³-hybridized carbons (Fsp3) is 0.455. The molecule has 0 atom stereocenters. The van der Waals surface area contributed by atoms with Crippen LogP contribution in [-0.4, -0.2) is 0 Å². The van der Waals surface area contributed by atoms with Gasteiger partial charge in [-0.2, -0.15) is 0 Å². The first-order valence-electron chi connectivity index (χ1n) is 8.30. The van der Waals surface area contributed by atoms with Gasteiger partial charge in [0, 0.05) is 5.92 Å². The van der Waals surface area contributed by atoms with Crippen molar-refractivity contribution in [2.75, 3.05) is 0 Å². The van der Waals surface area contributed by atoms with Crippen LogP contribution in [0.3, 0.4) is 0 Å². The summed E-state index contributed by atoms with van der Waals surface area (Å²) in [5.74, 6) is 0.433. The first-order valence-corrected chi connectivity index (χ1v) is 8.30. The van der Waals surface area contributed by atoms with Crippen LogP contribution in [0.4, 0.5) is 0 Å². The molecule has 0 spiro atoms. The summed E-state index contributed by atoms with van der Waals surface area (Å²) in [5, 5.41) is 0. The predicted molar refractivity (Wildman–Crippen MR) is 97.8 cm³/mol. The molecule has 0 aromatic heterocycles. The minimum atomic E-state index is 0.218. The average molecular weight is 294 g/mol. The molecular weight excluding hydrogens is 264 g/mol. The Bertz CT molecular complexity index is 544. The second-order valence-corrected chi connectivity index (χ2v) is 8.47. The topological polar surface area (TPSA) is 0 Å². The van der Waals surface area contributed by atoms with Gasteiger partial charge in [0.1, 0.15) is 0 Å². The minimum Gasteiger partial charge on any atom is -0.0582 e. The molecule has 0 aliphatic rings. The number of hydrogen-bond donors (Lipinski definition) is 0. The van der Waals surface area contributed by atoms with Crippen molar-refractivity contribution < 1.29 is 0 Å². The van der Waals surface area contributed by atoms with Crippen LogP contribution in [0.5, 0.6) is 0 Å². The smallest absolute Gasteiger partial charge is 0.00610 e. The summed E-state index contributed by atoms with van der Waals surface area (Å²) < 4.78 is 0.